The molecule has 6 rings (SSSR count). The van der Waals surface area contributed by atoms with Crippen molar-refractivity contribution in [3.05, 3.63) is 112 Å². The second-order valence-corrected chi connectivity index (χ2v) is 11.2. The van der Waals surface area contributed by atoms with Crippen molar-refractivity contribution in [2.24, 2.45) is 13.0 Å². The molecule has 1 N–H and O–H groups in total. The molecule has 210 valence electrons. The van der Waals surface area contributed by atoms with Crippen molar-refractivity contribution < 1.29 is 14.3 Å². The van der Waals surface area contributed by atoms with Crippen LogP contribution in [0.15, 0.2) is 73.1 Å². The van der Waals surface area contributed by atoms with Crippen LogP contribution in [0.2, 0.25) is 0 Å². The highest BCUT2D eigenvalue weighted by atomic mass is 16.5. The van der Waals surface area contributed by atoms with Crippen molar-refractivity contribution in [3.63, 3.8) is 0 Å². The Labute approximate surface area is 241 Å². The van der Waals surface area contributed by atoms with E-state index in [2.05, 4.69) is 51.0 Å². The van der Waals surface area contributed by atoms with Gasteiger partial charge in [-0.3, -0.25) is 9.69 Å². The molecule has 7 nitrogen and oxygen atoms in total. The van der Waals surface area contributed by atoms with Gasteiger partial charge >= 0.3 is 5.97 Å². The maximum atomic E-state index is 13.1. The van der Waals surface area contributed by atoms with E-state index in [1.807, 2.05) is 49.8 Å². The minimum absolute atomic E-state index is 0.0391. The minimum Gasteiger partial charge on any atom is -0.465 e. The second kappa shape index (κ2) is 11.3. The number of methoxy groups -OCH3 is 1. The van der Waals surface area contributed by atoms with E-state index in [9.17, 15) is 9.59 Å². The van der Waals surface area contributed by atoms with Crippen LogP contribution in [0.1, 0.15) is 56.3 Å². The lowest BCUT2D eigenvalue weighted by atomic mass is 9.87. The van der Waals surface area contributed by atoms with Gasteiger partial charge in [0.05, 0.1) is 24.7 Å². The lowest BCUT2D eigenvalue weighted by molar-refractivity contribution is -0.122. The highest BCUT2D eigenvalue weighted by molar-refractivity contribution is 5.91. The molecule has 0 unspecified atom stereocenters. The van der Waals surface area contributed by atoms with Gasteiger partial charge in [0.15, 0.2) is 0 Å². The van der Waals surface area contributed by atoms with E-state index in [0.29, 0.717) is 18.0 Å². The Balaban J connectivity index is 1.26. The number of benzene rings is 3. The van der Waals surface area contributed by atoms with Crippen LogP contribution in [0.4, 0.5) is 0 Å². The third kappa shape index (κ3) is 5.55. The van der Waals surface area contributed by atoms with Crippen molar-refractivity contribution >= 4 is 11.9 Å². The first-order valence-corrected chi connectivity index (χ1v) is 14.3. The number of ether oxygens (including phenoxy) is 1. The van der Waals surface area contributed by atoms with Crippen LogP contribution in [0.25, 0.3) is 11.1 Å². The Morgan fingerprint density at radius 3 is 2.63 bits per heavy atom. The number of nitrogens with one attached hydrogen (secondary N) is 1. The van der Waals surface area contributed by atoms with E-state index in [0.717, 1.165) is 54.9 Å². The smallest absolute Gasteiger partial charge is 0.337 e. The molecule has 2 heterocycles. The minimum atomic E-state index is -0.342. The zero-order chi connectivity index (χ0) is 28.5. The monoisotopic (exact) mass is 548 g/mol. The van der Waals surface area contributed by atoms with Crippen LogP contribution in [0.5, 0.6) is 0 Å². The third-order valence-electron chi connectivity index (χ3n) is 8.70. The molecular formula is C34H36N4O3. The number of imidazole rings is 1. The van der Waals surface area contributed by atoms with Crippen molar-refractivity contribution in [2.45, 2.75) is 45.3 Å². The van der Waals surface area contributed by atoms with Gasteiger partial charge in [0.1, 0.15) is 0 Å². The first kappa shape index (κ1) is 27.0. The molecule has 3 aromatic carbocycles. The van der Waals surface area contributed by atoms with Crippen molar-refractivity contribution in [3.8, 4) is 11.1 Å². The van der Waals surface area contributed by atoms with E-state index >= 15 is 0 Å². The maximum Gasteiger partial charge on any atom is 0.337 e. The van der Waals surface area contributed by atoms with Crippen molar-refractivity contribution in [2.75, 3.05) is 13.7 Å². The summed E-state index contributed by atoms with van der Waals surface area (Å²) in [6.07, 6.45) is 3.65. The summed E-state index contributed by atoms with van der Waals surface area (Å²) in [4.78, 5) is 32.4. The first-order valence-electron chi connectivity index (χ1n) is 14.3. The van der Waals surface area contributed by atoms with Crippen LogP contribution in [0, 0.1) is 12.8 Å². The molecule has 0 bridgehead atoms. The number of rotatable bonds is 8. The summed E-state index contributed by atoms with van der Waals surface area (Å²) < 4.78 is 7.02. The van der Waals surface area contributed by atoms with Gasteiger partial charge in [-0.25, -0.2) is 9.78 Å². The average molecular weight is 549 g/mol. The summed E-state index contributed by atoms with van der Waals surface area (Å²) in [7, 11) is 3.43. The van der Waals surface area contributed by atoms with E-state index in [1.165, 1.54) is 29.5 Å². The number of nitrogens with zero attached hydrogens (tertiary/aromatic N) is 3. The quantitative estimate of drug-likeness (QED) is 0.308. The van der Waals surface area contributed by atoms with Crippen molar-refractivity contribution in [1.82, 2.24) is 19.8 Å². The Morgan fingerprint density at radius 2 is 1.88 bits per heavy atom. The van der Waals surface area contributed by atoms with E-state index in [1.54, 1.807) is 6.07 Å². The number of carbonyl (C=O) groups excluding carboxylic acids is 2. The SMILES string of the molecule is COC(=O)c1cccc(-c2ccc(CNC(=O)[C@H]3C[C@H]3c3ccccc3)c3c2CCN(Cc2ncn(C)c2C)C3)c1. The predicted octanol–water partition coefficient (Wildman–Crippen LogP) is 5.16. The Morgan fingerprint density at radius 1 is 1.05 bits per heavy atom. The molecule has 7 heteroatoms. The number of carbonyl (C=O) groups is 2. The molecule has 1 amide bonds. The molecule has 1 fully saturated rings. The predicted molar refractivity (Wildman–Crippen MR) is 158 cm³/mol. The van der Waals surface area contributed by atoms with E-state index in [-0.39, 0.29) is 17.8 Å². The summed E-state index contributed by atoms with van der Waals surface area (Å²) in [5.41, 5.74) is 9.84. The van der Waals surface area contributed by atoms with Gasteiger partial charge in [-0.15, -0.1) is 0 Å². The highest BCUT2D eigenvalue weighted by Gasteiger charge is 2.43. The molecule has 0 radical (unpaired) electrons. The van der Waals surface area contributed by atoms with Gasteiger partial charge in [0, 0.05) is 44.8 Å². The zero-order valence-corrected chi connectivity index (χ0v) is 23.9. The van der Waals surface area contributed by atoms with Crippen LogP contribution < -0.4 is 5.32 Å². The fraction of sp³-hybridized carbons (Fsp3) is 0.324. The molecule has 1 aliphatic carbocycles. The molecule has 1 aliphatic heterocycles. The number of esters is 1. The Hall–Kier alpha value is -4.23. The second-order valence-electron chi connectivity index (χ2n) is 11.2. The molecular weight excluding hydrogens is 512 g/mol. The Bertz CT molecular complexity index is 1590. The lowest BCUT2D eigenvalue weighted by Gasteiger charge is -2.32. The number of hydrogen-bond donors (Lipinski definition) is 1. The molecule has 0 spiro atoms. The number of aromatic nitrogens is 2. The fourth-order valence-corrected chi connectivity index (χ4v) is 6.07. The highest BCUT2D eigenvalue weighted by Crippen LogP contribution is 2.47. The molecule has 41 heavy (non-hydrogen) atoms. The van der Waals surface area contributed by atoms with Gasteiger partial charge in [-0.1, -0.05) is 54.6 Å². The third-order valence-corrected chi connectivity index (χ3v) is 8.70. The fourth-order valence-electron chi connectivity index (χ4n) is 6.07. The number of hydrogen-bond acceptors (Lipinski definition) is 5. The summed E-state index contributed by atoms with van der Waals surface area (Å²) in [5, 5.41) is 3.24. The number of amides is 1. The summed E-state index contributed by atoms with van der Waals surface area (Å²) in [6.45, 7) is 5.06. The first-order chi connectivity index (χ1) is 19.9. The van der Waals surface area contributed by atoms with E-state index < -0.39 is 0 Å². The number of fused-ring (bicyclic) bond motifs is 1. The molecule has 0 saturated heterocycles. The maximum absolute atomic E-state index is 13.1. The van der Waals surface area contributed by atoms with Crippen molar-refractivity contribution in [1.29, 1.82) is 0 Å². The van der Waals surface area contributed by atoms with Crippen LogP contribution >= 0.6 is 0 Å². The van der Waals surface area contributed by atoms with Gasteiger partial charge in [0.25, 0.3) is 0 Å². The molecule has 4 aromatic rings. The summed E-state index contributed by atoms with van der Waals surface area (Å²) in [6, 6.07) is 22.2. The molecule has 2 atom stereocenters. The zero-order valence-electron chi connectivity index (χ0n) is 23.9. The van der Waals surface area contributed by atoms with E-state index in [4.69, 9.17) is 4.74 Å². The Kier molecular flexibility index (Phi) is 7.45. The largest absolute Gasteiger partial charge is 0.465 e. The number of aryl methyl sites for hydroxylation is 1. The molecule has 2 aliphatic rings. The lowest BCUT2D eigenvalue weighted by Crippen LogP contribution is -2.33. The van der Waals surface area contributed by atoms with Gasteiger partial charge in [-0.05, 0) is 71.2 Å². The molecule has 1 saturated carbocycles. The van der Waals surface area contributed by atoms with Gasteiger partial charge < -0.3 is 14.6 Å². The normalized spacial score (nSPS) is 18.0. The van der Waals surface area contributed by atoms with Crippen LogP contribution in [0.3, 0.4) is 0 Å². The molecule has 1 aromatic heterocycles. The standard InChI is InChI=1S/C34H36N4O3/c1-22-32(36-21-37(22)2)20-38-15-14-28-27(24-10-7-11-25(16-24)34(40)41-3)13-12-26(31(28)19-38)18-35-33(39)30-17-29(30)23-8-5-4-6-9-23/h4-13,16,21,29-30H,14-15,17-20H2,1-3H3,(H,35,39)/t29-,30-/m0/s1. The topological polar surface area (TPSA) is 76.5 Å². The van der Waals surface area contributed by atoms with Gasteiger partial charge in [-0.2, -0.15) is 0 Å². The van der Waals surface area contributed by atoms with Crippen LogP contribution in [-0.4, -0.2) is 40.0 Å². The summed E-state index contributed by atoms with van der Waals surface area (Å²) >= 11 is 0. The summed E-state index contributed by atoms with van der Waals surface area (Å²) in [5.74, 6) is 0.133. The average Bonchev–Trinajstić information content (AvgIpc) is 3.76. The van der Waals surface area contributed by atoms with Gasteiger partial charge in [0.2, 0.25) is 5.91 Å². The van der Waals surface area contributed by atoms with Crippen LogP contribution in [-0.2, 0) is 42.6 Å².